The Balaban J connectivity index is 1.53. The molecule has 1 saturated heterocycles. The van der Waals surface area contributed by atoms with Gasteiger partial charge in [-0.05, 0) is 36.4 Å². The van der Waals surface area contributed by atoms with Gasteiger partial charge in [-0.2, -0.15) is 0 Å². The highest BCUT2D eigenvalue weighted by molar-refractivity contribution is 6.32. The summed E-state index contributed by atoms with van der Waals surface area (Å²) in [4.78, 5) is 28.5. The molecule has 0 aliphatic carbocycles. The van der Waals surface area contributed by atoms with Gasteiger partial charge in [-0.25, -0.2) is 9.18 Å². The molecule has 0 spiro atoms. The van der Waals surface area contributed by atoms with Crippen LogP contribution in [-0.4, -0.2) is 63.8 Å². The maximum Gasteiger partial charge on any atom is 0.338 e. The van der Waals surface area contributed by atoms with E-state index in [1.807, 2.05) is 0 Å². The van der Waals surface area contributed by atoms with Crippen LogP contribution >= 0.6 is 11.6 Å². The molecule has 1 fully saturated rings. The summed E-state index contributed by atoms with van der Waals surface area (Å²) >= 11 is 6.10. The molecule has 2 aromatic carbocycles. The van der Waals surface area contributed by atoms with Crippen LogP contribution < -0.4 is 14.4 Å². The Hall–Kier alpha value is -3.00. The number of rotatable bonds is 6. The molecule has 0 atom stereocenters. The summed E-state index contributed by atoms with van der Waals surface area (Å²) < 4.78 is 28.5. The van der Waals surface area contributed by atoms with Gasteiger partial charge in [0.1, 0.15) is 5.82 Å². The van der Waals surface area contributed by atoms with Crippen molar-refractivity contribution in [2.45, 2.75) is 0 Å². The highest BCUT2D eigenvalue weighted by Gasteiger charge is 2.23. The maximum atomic E-state index is 13.1. The molecule has 0 N–H and O–H groups in total. The van der Waals surface area contributed by atoms with Gasteiger partial charge in [0, 0.05) is 31.9 Å². The van der Waals surface area contributed by atoms with Gasteiger partial charge in [0.25, 0.3) is 5.91 Å². The van der Waals surface area contributed by atoms with Crippen LogP contribution in [0.1, 0.15) is 10.4 Å². The zero-order valence-electron chi connectivity index (χ0n) is 16.7. The highest BCUT2D eigenvalue weighted by Crippen LogP contribution is 2.36. The maximum absolute atomic E-state index is 13.1. The molecule has 1 amide bonds. The molecule has 0 radical (unpaired) electrons. The molecule has 3 rings (SSSR count). The van der Waals surface area contributed by atoms with E-state index in [-0.39, 0.29) is 28.9 Å². The number of nitrogens with zero attached hydrogens (tertiary/aromatic N) is 2. The van der Waals surface area contributed by atoms with Crippen molar-refractivity contribution in [3.8, 4) is 11.5 Å². The normalized spacial score (nSPS) is 13.7. The second-order valence-electron chi connectivity index (χ2n) is 6.61. The number of ether oxygens (including phenoxy) is 3. The number of hydrogen-bond acceptors (Lipinski definition) is 6. The monoisotopic (exact) mass is 436 g/mol. The molecule has 0 bridgehead atoms. The molecule has 9 heteroatoms. The first kappa shape index (κ1) is 21.7. The Morgan fingerprint density at radius 1 is 1.03 bits per heavy atom. The second kappa shape index (κ2) is 9.67. The van der Waals surface area contributed by atoms with Crippen molar-refractivity contribution in [2.24, 2.45) is 0 Å². The number of hydrogen-bond donors (Lipinski definition) is 0. The summed E-state index contributed by atoms with van der Waals surface area (Å²) in [6.07, 6.45) is 0. The SMILES string of the molecule is COc1cc(C(=O)OCC(=O)N2CCN(c3ccc(F)cc3)CC2)cc(Cl)c1OC. The molecule has 0 unspecified atom stereocenters. The van der Waals surface area contributed by atoms with Gasteiger partial charge in [-0.3, -0.25) is 4.79 Å². The van der Waals surface area contributed by atoms with E-state index in [4.69, 9.17) is 25.8 Å². The van der Waals surface area contributed by atoms with Crippen molar-refractivity contribution in [1.82, 2.24) is 4.90 Å². The van der Waals surface area contributed by atoms with Gasteiger partial charge in [0.05, 0.1) is 24.8 Å². The first-order valence-corrected chi connectivity index (χ1v) is 9.67. The highest BCUT2D eigenvalue weighted by atomic mass is 35.5. The summed E-state index contributed by atoms with van der Waals surface area (Å²) in [6, 6.07) is 9.08. The zero-order chi connectivity index (χ0) is 21.7. The lowest BCUT2D eigenvalue weighted by atomic mass is 10.2. The first-order valence-electron chi connectivity index (χ1n) is 9.30. The lowest BCUT2D eigenvalue weighted by Crippen LogP contribution is -2.49. The molecule has 2 aromatic rings. The fourth-order valence-electron chi connectivity index (χ4n) is 3.20. The molecule has 1 aliphatic rings. The predicted molar refractivity (Wildman–Crippen MR) is 110 cm³/mol. The van der Waals surface area contributed by atoms with Gasteiger partial charge in [-0.15, -0.1) is 0 Å². The van der Waals surface area contributed by atoms with Crippen LogP contribution in [0.3, 0.4) is 0 Å². The minimum Gasteiger partial charge on any atom is -0.493 e. The van der Waals surface area contributed by atoms with Crippen LogP contribution in [0.4, 0.5) is 10.1 Å². The lowest BCUT2D eigenvalue weighted by Gasteiger charge is -2.36. The molecule has 0 aromatic heterocycles. The molecule has 1 heterocycles. The quantitative estimate of drug-likeness (QED) is 0.648. The van der Waals surface area contributed by atoms with E-state index in [0.717, 1.165) is 5.69 Å². The number of piperazine rings is 1. The van der Waals surface area contributed by atoms with Crippen LogP contribution in [0.2, 0.25) is 5.02 Å². The number of anilines is 1. The summed E-state index contributed by atoms with van der Waals surface area (Å²) in [5, 5.41) is 0.201. The van der Waals surface area contributed by atoms with E-state index >= 15 is 0 Å². The van der Waals surface area contributed by atoms with E-state index in [1.54, 1.807) is 17.0 Å². The fourth-order valence-corrected chi connectivity index (χ4v) is 3.49. The summed E-state index contributed by atoms with van der Waals surface area (Å²) in [7, 11) is 2.87. The molecule has 160 valence electrons. The van der Waals surface area contributed by atoms with Gasteiger partial charge in [-0.1, -0.05) is 11.6 Å². The number of carbonyl (C=O) groups excluding carboxylic acids is 2. The van der Waals surface area contributed by atoms with Crippen LogP contribution in [0.25, 0.3) is 0 Å². The average Bonchev–Trinajstić information content (AvgIpc) is 2.77. The molecule has 30 heavy (non-hydrogen) atoms. The summed E-state index contributed by atoms with van der Waals surface area (Å²) in [6.45, 7) is 1.81. The largest absolute Gasteiger partial charge is 0.493 e. The van der Waals surface area contributed by atoms with Crippen molar-refractivity contribution in [3.63, 3.8) is 0 Å². The Labute approximate surface area is 178 Å². The van der Waals surface area contributed by atoms with Crippen LogP contribution in [0, 0.1) is 5.82 Å². The number of esters is 1. The first-order chi connectivity index (χ1) is 14.4. The van der Waals surface area contributed by atoms with E-state index in [9.17, 15) is 14.0 Å². The van der Waals surface area contributed by atoms with E-state index in [0.29, 0.717) is 37.7 Å². The third kappa shape index (κ3) is 4.94. The van der Waals surface area contributed by atoms with Crippen LogP contribution in [-0.2, 0) is 9.53 Å². The van der Waals surface area contributed by atoms with Gasteiger partial charge in [0.15, 0.2) is 18.1 Å². The molecular formula is C21H22ClFN2O5. The fraction of sp³-hybridized carbons (Fsp3) is 0.333. The Morgan fingerprint density at radius 2 is 1.70 bits per heavy atom. The van der Waals surface area contributed by atoms with Crippen molar-refractivity contribution in [2.75, 3.05) is 51.9 Å². The molecule has 7 nitrogen and oxygen atoms in total. The predicted octanol–water partition coefficient (Wildman–Crippen LogP) is 3.00. The zero-order valence-corrected chi connectivity index (χ0v) is 17.4. The van der Waals surface area contributed by atoms with Crippen molar-refractivity contribution in [3.05, 3.63) is 52.8 Å². The van der Waals surface area contributed by atoms with E-state index in [1.165, 1.54) is 38.5 Å². The summed E-state index contributed by atoms with van der Waals surface area (Å²) in [5.74, 6) is -0.652. The Morgan fingerprint density at radius 3 is 2.30 bits per heavy atom. The van der Waals surface area contributed by atoms with Gasteiger partial charge in [0.2, 0.25) is 0 Å². The number of methoxy groups -OCH3 is 2. The lowest BCUT2D eigenvalue weighted by molar-refractivity contribution is -0.134. The number of amides is 1. The van der Waals surface area contributed by atoms with Gasteiger partial charge >= 0.3 is 5.97 Å². The third-order valence-corrected chi connectivity index (χ3v) is 5.10. The molecule has 1 aliphatic heterocycles. The summed E-state index contributed by atoms with van der Waals surface area (Å²) in [5.41, 5.74) is 1.06. The van der Waals surface area contributed by atoms with Crippen LogP contribution in [0.5, 0.6) is 11.5 Å². The van der Waals surface area contributed by atoms with E-state index < -0.39 is 5.97 Å². The van der Waals surface area contributed by atoms with E-state index in [2.05, 4.69) is 4.90 Å². The van der Waals surface area contributed by atoms with Crippen molar-refractivity contribution in [1.29, 1.82) is 0 Å². The standard InChI is InChI=1S/C21H22ClFN2O5/c1-28-18-12-14(11-17(22)20(18)29-2)21(27)30-13-19(26)25-9-7-24(8-10-25)16-5-3-15(23)4-6-16/h3-6,11-12H,7-10,13H2,1-2H3. The molecule has 0 saturated carbocycles. The minimum atomic E-state index is -0.684. The smallest absolute Gasteiger partial charge is 0.338 e. The second-order valence-corrected chi connectivity index (χ2v) is 7.02. The Bertz CT molecular complexity index is 914. The number of halogens is 2. The number of carbonyl (C=O) groups is 2. The van der Waals surface area contributed by atoms with Gasteiger partial charge < -0.3 is 24.0 Å². The Kier molecular flexibility index (Phi) is 6.99. The van der Waals surface area contributed by atoms with Crippen LogP contribution in [0.15, 0.2) is 36.4 Å². The number of benzene rings is 2. The average molecular weight is 437 g/mol. The van der Waals surface area contributed by atoms with Crippen molar-refractivity contribution >= 4 is 29.2 Å². The minimum absolute atomic E-state index is 0.159. The topological polar surface area (TPSA) is 68.3 Å². The van der Waals surface area contributed by atoms with Crippen molar-refractivity contribution < 1.29 is 28.2 Å². The molecular weight excluding hydrogens is 415 g/mol. The third-order valence-electron chi connectivity index (χ3n) is 4.82.